The van der Waals surface area contributed by atoms with Gasteiger partial charge in [-0.3, -0.25) is 4.79 Å². The molecule has 2 N–H and O–H groups in total. The van der Waals surface area contributed by atoms with Gasteiger partial charge in [0.2, 0.25) is 10.0 Å². The molecular formula is C15H17NO4S. The van der Waals surface area contributed by atoms with E-state index < -0.39 is 22.0 Å². The first-order valence-corrected chi connectivity index (χ1v) is 8.16. The van der Waals surface area contributed by atoms with Crippen LogP contribution >= 0.6 is 0 Å². The number of carboxylic acid groups (broad SMARTS) is 1. The zero-order valence-corrected chi connectivity index (χ0v) is 12.4. The van der Waals surface area contributed by atoms with Crippen molar-refractivity contribution in [3.8, 4) is 0 Å². The van der Waals surface area contributed by atoms with Crippen LogP contribution in [-0.2, 0) is 14.8 Å². The van der Waals surface area contributed by atoms with E-state index in [4.69, 9.17) is 5.11 Å². The molecule has 0 spiro atoms. The average Bonchev–Trinajstić information content (AvgIpc) is 2.46. The highest BCUT2D eigenvalue weighted by Gasteiger charge is 2.24. The van der Waals surface area contributed by atoms with E-state index in [1.54, 1.807) is 19.1 Å². The lowest BCUT2D eigenvalue weighted by molar-refractivity contribution is -0.139. The van der Waals surface area contributed by atoms with Crippen molar-refractivity contribution in [2.45, 2.75) is 30.7 Å². The topological polar surface area (TPSA) is 83.5 Å². The molecule has 2 aromatic carbocycles. The van der Waals surface area contributed by atoms with Crippen LogP contribution in [0.1, 0.15) is 19.8 Å². The molecule has 0 heterocycles. The molecule has 1 atom stereocenters. The van der Waals surface area contributed by atoms with Crippen LogP contribution in [0.2, 0.25) is 0 Å². The summed E-state index contributed by atoms with van der Waals surface area (Å²) < 4.78 is 26.8. The number of rotatable bonds is 6. The van der Waals surface area contributed by atoms with Crippen LogP contribution in [0.25, 0.3) is 10.8 Å². The number of benzene rings is 2. The Morgan fingerprint density at radius 1 is 1.19 bits per heavy atom. The van der Waals surface area contributed by atoms with Crippen molar-refractivity contribution >= 4 is 26.8 Å². The van der Waals surface area contributed by atoms with Crippen molar-refractivity contribution in [1.82, 2.24) is 4.72 Å². The fourth-order valence-corrected chi connectivity index (χ4v) is 3.37. The van der Waals surface area contributed by atoms with E-state index >= 15 is 0 Å². The number of carbonyl (C=O) groups is 1. The summed E-state index contributed by atoms with van der Waals surface area (Å²) in [6, 6.07) is 11.0. The van der Waals surface area contributed by atoms with Gasteiger partial charge in [0.05, 0.1) is 4.90 Å². The predicted molar refractivity (Wildman–Crippen MR) is 80.6 cm³/mol. The number of carboxylic acids is 1. The second kappa shape index (κ2) is 6.24. The Bertz CT molecular complexity index is 755. The summed E-state index contributed by atoms with van der Waals surface area (Å²) in [6.45, 7) is 1.81. The maximum absolute atomic E-state index is 12.3. The smallest absolute Gasteiger partial charge is 0.321 e. The minimum atomic E-state index is -3.85. The molecule has 2 rings (SSSR count). The van der Waals surface area contributed by atoms with E-state index in [2.05, 4.69) is 4.72 Å². The van der Waals surface area contributed by atoms with Crippen molar-refractivity contribution in [3.05, 3.63) is 42.5 Å². The molecule has 0 saturated heterocycles. The maximum Gasteiger partial charge on any atom is 0.321 e. The Kier molecular flexibility index (Phi) is 4.59. The predicted octanol–water partition coefficient (Wildman–Crippen LogP) is 2.37. The van der Waals surface area contributed by atoms with Gasteiger partial charge in [0.15, 0.2) is 0 Å². The Labute approximate surface area is 123 Å². The highest BCUT2D eigenvalue weighted by molar-refractivity contribution is 7.89. The van der Waals surface area contributed by atoms with Crippen LogP contribution in [-0.4, -0.2) is 25.5 Å². The van der Waals surface area contributed by atoms with Gasteiger partial charge in [0.1, 0.15) is 6.04 Å². The summed E-state index contributed by atoms with van der Waals surface area (Å²) in [6.07, 6.45) is 0.833. The van der Waals surface area contributed by atoms with Crippen LogP contribution in [0, 0.1) is 0 Å². The highest BCUT2D eigenvalue weighted by Crippen LogP contribution is 2.19. The van der Waals surface area contributed by atoms with Crippen LogP contribution < -0.4 is 4.72 Å². The third-order valence-corrected chi connectivity index (χ3v) is 4.67. The lowest BCUT2D eigenvalue weighted by Crippen LogP contribution is -2.40. The monoisotopic (exact) mass is 307 g/mol. The first-order chi connectivity index (χ1) is 9.94. The lowest BCUT2D eigenvalue weighted by atomic mass is 10.1. The number of hydrogen-bond donors (Lipinski definition) is 2. The highest BCUT2D eigenvalue weighted by atomic mass is 32.2. The van der Waals surface area contributed by atoms with Gasteiger partial charge in [0, 0.05) is 0 Å². The minimum absolute atomic E-state index is 0.0727. The van der Waals surface area contributed by atoms with E-state index in [1.165, 1.54) is 6.07 Å². The van der Waals surface area contributed by atoms with Crippen LogP contribution in [0.3, 0.4) is 0 Å². The second-order valence-electron chi connectivity index (χ2n) is 4.81. The van der Waals surface area contributed by atoms with Gasteiger partial charge in [-0.05, 0) is 29.3 Å². The van der Waals surface area contributed by atoms with Crippen molar-refractivity contribution in [1.29, 1.82) is 0 Å². The Hall–Kier alpha value is -1.92. The molecule has 0 amide bonds. The normalized spacial score (nSPS) is 13.2. The van der Waals surface area contributed by atoms with Gasteiger partial charge < -0.3 is 5.11 Å². The molecular weight excluding hydrogens is 290 g/mol. The zero-order chi connectivity index (χ0) is 15.5. The summed E-state index contributed by atoms with van der Waals surface area (Å²) in [7, 11) is -3.85. The van der Waals surface area contributed by atoms with Gasteiger partial charge in [0.25, 0.3) is 0 Å². The first-order valence-electron chi connectivity index (χ1n) is 6.68. The first kappa shape index (κ1) is 15.5. The van der Waals surface area contributed by atoms with Crippen molar-refractivity contribution in [2.24, 2.45) is 0 Å². The number of aliphatic carboxylic acids is 1. The van der Waals surface area contributed by atoms with Gasteiger partial charge in [-0.15, -0.1) is 0 Å². The molecule has 0 unspecified atom stereocenters. The van der Waals surface area contributed by atoms with Gasteiger partial charge in [-0.1, -0.05) is 43.7 Å². The van der Waals surface area contributed by atoms with E-state index in [1.807, 2.05) is 24.3 Å². The van der Waals surface area contributed by atoms with Gasteiger partial charge in [-0.25, -0.2) is 8.42 Å². The number of hydrogen-bond acceptors (Lipinski definition) is 3. The molecule has 0 aliphatic carbocycles. The third-order valence-electron chi connectivity index (χ3n) is 3.20. The maximum atomic E-state index is 12.3. The van der Waals surface area contributed by atoms with Crippen LogP contribution in [0.5, 0.6) is 0 Å². The van der Waals surface area contributed by atoms with E-state index in [0.717, 1.165) is 10.8 Å². The van der Waals surface area contributed by atoms with Crippen molar-refractivity contribution in [2.75, 3.05) is 0 Å². The quantitative estimate of drug-likeness (QED) is 0.858. The van der Waals surface area contributed by atoms with Crippen molar-refractivity contribution < 1.29 is 18.3 Å². The summed E-state index contributed by atoms with van der Waals surface area (Å²) in [4.78, 5) is 11.2. The zero-order valence-electron chi connectivity index (χ0n) is 11.6. The summed E-state index contributed by atoms with van der Waals surface area (Å²) in [5, 5.41) is 10.8. The summed E-state index contributed by atoms with van der Waals surface area (Å²) >= 11 is 0. The number of nitrogens with one attached hydrogen (secondary N) is 1. The molecule has 0 aromatic heterocycles. The molecule has 6 heteroatoms. The molecule has 0 radical (unpaired) electrons. The standard InChI is InChI=1S/C15H17NO4S/c1-2-5-14(15(17)18)16-21(19,20)13-9-8-11-6-3-4-7-12(11)10-13/h3-4,6-10,14,16H,2,5H2,1H3,(H,17,18)/t14-/m0/s1. The molecule has 0 aliphatic rings. The molecule has 2 aromatic rings. The van der Waals surface area contributed by atoms with Crippen LogP contribution in [0.4, 0.5) is 0 Å². The summed E-state index contributed by atoms with van der Waals surface area (Å²) in [5.74, 6) is -1.17. The lowest BCUT2D eigenvalue weighted by Gasteiger charge is -2.14. The van der Waals surface area contributed by atoms with E-state index in [9.17, 15) is 13.2 Å². The largest absolute Gasteiger partial charge is 0.480 e. The number of sulfonamides is 1. The van der Waals surface area contributed by atoms with Gasteiger partial charge in [-0.2, -0.15) is 4.72 Å². The molecule has 0 saturated carbocycles. The van der Waals surface area contributed by atoms with E-state index in [-0.39, 0.29) is 11.3 Å². The Morgan fingerprint density at radius 3 is 2.48 bits per heavy atom. The minimum Gasteiger partial charge on any atom is -0.480 e. The number of fused-ring (bicyclic) bond motifs is 1. The molecule has 5 nitrogen and oxygen atoms in total. The Balaban J connectivity index is 2.34. The van der Waals surface area contributed by atoms with E-state index in [0.29, 0.717) is 6.42 Å². The second-order valence-corrected chi connectivity index (χ2v) is 6.52. The fourth-order valence-electron chi connectivity index (χ4n) is 2.11. The molecule has 0 fully saturated rings. The molecule has 0 aliphatic heterocycles. The fraction of sp³-hybridized carbons (Fsp3) is 0.267. The third kappa shape index (κ3) is 3.59. The van der Waals surface area contributed by atoms with Gasteiger partial charge >= 0.3 is 5.97 Å². The molecule has 0 bridgehead atoms. The van der Waals surface area contributed by atoms with Crippen LogP contribution in [0.15, 0.2) is 47.4 Å². The molecule has 21 heavy (non-hydrogen) atoms. The van der Waals surface area contributed by atoms with Crippen molar-refractivity contribution in [3.63, 3.8) is 0 Å². The summed E-state index contributed by atoms with van der Waals surface area (Å²) in [5.41, 5.74) is 0. The SMILES string of the molecule is CCC[C@H](NS(=O)(=O)c1ccc2ccccc2c1)C(=O)O. The molecule has 112 valence electrons. The Morgan fingerprint density at radius 2 is 1.86 bits per heavy atom. The average molecular weight is 307 g/mol.